The van der Waals surface area contributed by atoms with E-state index in [4.69, 9.17) is 5.73 Å². The van der Waals surface area contributed by atoms with Crippen molar-refractivity contribution in [1.29, 1.82) is 0 Å². The number of rotatable bonds is 3. The summed E-state index contributed by atoms with van der Waals surface area (Å²) in [5, 5.41) is 6.67. The van der Waals surface area contributed by atoms with Crippen molar-refractivity contribution in [3.63, 3.8) is 0 Å². The average molecular weight is 241 g/mol. The van der Waals surface area contributed by atoms with Crippen molar-refractivity contribution in [2.75, 3.05) is 0 Å². The average Bonchev–Trinajstić information content (AvgIpc) is 2.11. The lowest BCUT2D eigenvalue weighted by Crippen LogP contribution is -2.63. The molecule has 4 heteroatoms. The smallest absolute Gasteiger partial charge is 0.237 e. The Balaban J connectivity index is 2.63. The highest BCUT2D eigenvalue weighted by Crippen LogP contribution is 2.28. The van der Waals surface area contributed by atoms with Crippen molar-refractivity contribution in [1.82, 2.24) is 10.6 Å². The molecule has 0 aromatic carbocycles. The Morgan fingerprint density at radius 2 is 1.82 bits per heavy atom. The van der Waals surface area contributed by atoms with E-state index < -0.39 is 0 Å². The van der Waals surface area contributed by atoms with Crippen molar-refractivity contribution in [3.05, 3.63) is 0 Å². The minimum atomic E-state index is -0.379. The molecular formula is C13H27N3O. The fraction of sp³-hybridized carbons (Fsp3) is 0.923. The Morgan fingerprint density at radius 1 is 1.35 bits per heavy atom. The summed E-state index contributed by atoms with van der Waals surface area (Å²) in [4.78, 5) is 11.8. The molecule has 1 saturated heterocycles. The molecule has 1 heterocycles. The standard InChI is InChI=1S/C13H27N3O/c1-6-10(14)11(17)15-9-7-12(2,3)16-13(4,5)8-9/h9-10,16H,6-8,14H2,1-5H3,(H,15,17)/t10-/m1/s1. The molecule has 1 fully saturated rings. The van der Waals surface area contributed by atoms with Crippen molar-refractivity contribution in [2.45, 2.75) is 77.0 Å². The molecule has 1 rings (SSSR count). The van der Waals surface area contributed by atoms with E-state index in [0.29, 0.717) is 6.42 Å². The Morgan fingerprint density at radius 3 is 2.24 bits per heavy atom. The summed E-state index contributed by atoms with van der Waals surface area (Å²) in [5.74, 6) is -0.0222. The molecule has 0 spiro atoms. The van der Waals surface area contributed by atoms with E-state index in [1.165, 1.54) is 0 Å². The first-order valence-electron chi connectivity index (χ1n) is 6.50. The number of piperidine rings is 1. The summed E-state index contributed by atoms with van der Waals surface area (Å²) < 4.78 is 0. The highest BCUT2D eigenvalue weighted by atomic mass is 16.2. The minimum absolute atomic E-state index is 0.0222. The number of amides is 1. The molecule has 0 radical (unpaired) electrons. The van der Waals surface area contributed by atoms with Gasteiger partial charge in [0.15, 0.2) is 0 Å². The molecule has 0 aromatic rings. The molecule has 0 bridgehead atoms. The SMILES string of the molecule is CC[C@@H](N)C(=O)NC1CC(C)(C)NC(C)(C)C1. The summed E-state index contributed by atoms with van der Waals surface area (Å²) in [7, 11) is 0. The van der Waals surface area contributed by atoms with Gasteiger partial charge in [-0.3, -0.25) is 4.79 Å². The van der Waals surface area contributed by atoms with E-state index in [9.17, 15) is 4.79 Å². The third-order valence-electron chi connectivity index (χ3n) is 3.31. The van der Waals surface area contributed by atoms with Crippen molar-refractivity contribution in [2.24, 2.45) is 5.73 Å². The van der Waals surface area contributed by atoms with Crippen LogP contribution in [0.4, 0.5) is 0 Å². The van der Waals surface area contributed by atoms with Gasteiger partial charge in [0.1, 0.15) is 0 Å². The second-order valence-corrected chi connectivity index (χ2v) is 6.52. The van der Waals surface area contributed by atoms with Crippen LogP contribution in [0.5, 0.6) is 0 Å². The zero-order valence-electron chi connectivity index (χ0n) is 11.8. The van der Waals surface area contributed by atoms with Crippen molar-refractivity contribution in [3.8, 4) is 0 Å². The van der Waals surface area contributed by atoms with Crippen LogP contribution in [0.1, 0.15) is 53.9 Å². The Kier molecular flexibility index (Phi) is 4.20. The molecule has 1 atom stereocenters. The fourth-order valence-corrected chi connectivity index (χ4v) is 2.92. The monoisotopic (exact) mass is 241 g/mol. The van der Waals surface area contributed by atoms with Crippen LogP contribution in [-0.4, -0.2) is 29.1 Å². The number of nitrogens with two attached hydrogens (primary N) is 1. The first-order chi connectivity index (χ1) is 7.65. The van der Waals surface area contributed by atoms with Gasteiger partial charge in [-0.2, -0.15) is 0 Å². The summed E-state index contributed by atoms with van der Waals surface area (Å²) in [6.45, 7) is 10.6. The normalized spacial score (nSPS) is 25.3. The Hall–Kier alpha value is -0.610. The van der Waals surface area contributed by atoms with Gasteiger partial charge >= 0.3 is 0 Å². The van der Waals surface area contributed by atoms with Gasteiger partial charge in [-0.15, -0.1) is 0 Å². The maximum Gasteiger partial charge on any atom is 0.237 e. The van der Waals surface area contributed by atoms with E-state index in [1.807, 2.05) is 6.92 Å². The third-order valence-corrected chi connectivity index (χ3v) is 3.31. The number of nitrogens with one attached hydrogen (secondary N) is 2. The Bertz CT molecular complexity index is 270. The second kappa shape index (κ2) is 4.94. The van der Waals surface area contributed by atoms with Gasteiger partial charge in [-0.25, -0.2) is 0 Å². The van der Waals surface area contributed by atoms with E-state index in [0.717, 1.165) is 12.8 Å². The Labute approximate surface area is 105 Å². The number of carbonyl (C=O) groups excluding carboxylic acids is 1. The van der Waals surface area contributed by atoms with Crippen LogP contribution < -0.4 is 16.4 Å². The number of carbonyl (C=O) groups is 1. The molecule has 1 aliphatic rings. The van der Waals surface area contributed by atoms with E-state index in [-0.39, 0.29) is 29.1 Å². The maximum absolute atomic E-state index is 11.8. The topological polar surface area (TPSA) is 67.2 Å². The minimum Gasteiger partial charge on any atom is -0.352 e. The second-order valence-electron chi connectivity index (χ2n) is 6.52. The molecule has 1 amide bonds. The molecule has 0 aromatic heterocycles. The fourth-order valence-electron chi connectivity index (χ4n) is 2.92. The summed E-state index contributed by atoms with van der Waals surface area (Å²) in [6.07, 6.45) is 2.57. The van der Waals surface area contributed by atoms with Gasteiger partial charge in [0.05, 0.1) is 6.04 Å². The van der Waals surface area contributed by atoms with E-state index in [2.05, 4.69) is 38.3 Å². The van der Waals surface area contributed by atoms with E-state index in [1.54, 1.807) is 0 Å². The zero-order chi connectivity index (χ0) is 13.3. The molecule has 100 valence electrons. The maximum atomic E-state index is 11.8. The molecule has 1 aliphatic heterocycles. The number of hydrogen-bond acceptors (Lipinski definition) is 3. The molecule has 17 heavy (non-hydrogen) atoms. The summed E-state index contributed by atoms with van der Waals surface area (Å²) >= 11 is 0. The highest BCUT2D eigenvalue weighted by Gasteiger charge is 2.38. The first-order valence-corrected chi connectivity index (χ1v) is 6.50. The molecule has 4 nitrogen and oxygen atoms in total. The molecule has 0 aliphatic carbocycles. The molecule has 0 unspecified atom stereocenters. The van der Waals surface area contributed by atoms with Gasteiger partial charge in [-0.05, 0) is 47.0 Å². The van der Waals surface area contributed by atoms with Crippen LogP contribution in [0.25, 0.3) is 0 Å². The zero-order valence-corrected chi connectivity index (χ0v) is 11.8. The summed E-state index contributed by atoms with van der Waals surface area (Å²) in [6, 6.07) is -0.164. The van der Waals surface area contributed by atoms with Crippen LogP contribution in [0.15, 0.2) is 0 Å². The lowest BCUT2D eigenvalue weighted by molar-refractivity contribution is -0.123. The number of hydrogen-bond donors (Lipinski definition) is 3. The van der Waals surface area contributed by atoms with Crippen LogP contribution in [0, 0.1) is 0 Å². The van der Waals surface area contributed by atoms with Gasteiger partial charge < -0.3 is 16.4 Å². The lowest BCUT2D eigenvalue weighted by Gasteiger charge is -2.46. The van der Waals surface area contributed by atoms with Crippen LogP contribution in [0.2, 0.25) is 0 Å². The quantitative estimate of drug-likeness (QED) is 0.694. The first kappa shape index (κ1) is 14.5. The van der Waals surface area contributed by atoms with Crippen LogP contribution in [-0.2, 0) is 4.79 Å². The van der Waals surface area contributed by atoms with Gasteiger partial charge in [0.2, 0.25) is 5.91 Å². The highest BCUT2D eigenvalue weighted by molar-refractivity contribution is 5.81. The molecule has 0 saturated carbocycles. The summed E-state index contributed by atoms with van der Waals surface area (Å²) in [5.41, 5.74) is 5.84. The van der Waals surface area contributed by atoms with Gasteiger partial charge in [0.25, 0.3) is 0 Å². The molecular weight excluding hydrogens is 214 g/mol. The van der Waals surface area contributed by atoms with Gasteiger partial charge in [0, 0.05) is 17.1 Å². The van der Waals surface area contributed by atoms with Gasteiger partial charge in [-0.1, -0.05) is 6.92 Å². The predicted octanol–water partition coefficient (Wildman–Crippen LogP) is 1.15. The molecule has 4 N–H and O–H groups in total. The van der Waals surface area contributed by atoms with Crippen LogP contribution in [0.3, 0.4) is 0 Å². The largest absolute Gasteiger partial charge is 0.352 e. The lowest BCUT2D eigenvalue weighted by atomic mass is 9.79. The van der Waals surface area contributed by atoms with Crippen molar-refractivity contribution >= 4 is 5.91 Å². The third kappa shape index (κ3) is 4.28. The van der Waals surface area contributed by atoms with Crippen molar-refractivity contribution < 1.29 is 4.79 Å². The van der Waals surface area contributed by atoms with E-state index >= 15 is 0 Å². The van der Waals surface area contributed by atoms with Crippen LogP contribution >= 0.6 is 0 Å². The predicted molar refractivity (Wildman–Crippen MR) is 70.7 cm³/mol.